The molecule has 29 heavy (non-hydrogen) atoms. The van der Waals surface area contributed by atoms with E-state index in [1.807, 2.05) is 0 Å². The molecule has 1 aromatic carbocycles. The molecule has 4 saturated carbocycles. The molecular weight excluding hydrogens is 392 g/mol. The maximum absolute atomic E-state index is 12.3. The number of benzene rings is 1. The summed E-state index contributed by atoms with van der Waals surface area (Å²) in [6.07, 6.45) is 9.61. The van der Waals surface area contributed by atoms with E-state index in [0.717, 1.165) is 24.8 Å². The predicted molar refractivity (Wildman–Crippen MR) is 109 cm³/mol. The van der Waals surface area contributed by atoms with Gasteiger partial charge in [0.2, 0.25) is 0 Å². The maximum Gasteiger partial charge on any atom is 0.331 e. The number of amides is 3. The molecule has 4 fully saturated rings. The summed E-state index contributed by atoms with van der Waals surface area (Å²) >= 11 is 5.88. The van der Waals surface area contributed by atoms with Crippen LogP contribution < -0.4 is 10.6 Å². The minimum absolute atomic E-state index is 0.171. The van der Waals surface area contributed by atoms with Gasteiger partial charge in [-0.05, 0) is 80.1 Å². The van der Waals surface area contributed by atoms with Gasteiger partial charge in [-0.1, -0.05) is 23.7 Å². The average Bonchev–Trinajstić information content (AvgIpc) is 2.63. The van der Waals surface area contributed by atoms with Crippen molar-refractivity contribution in [3.63, 3.8) is 0 Å². The molecule has 0 heterocycles. The van der Waals surface area contributed by atoms with Gasteiger partial charge in [0.25, 0.3) is 5.91 Å². The molecule has 0 saturated heterocycles. The van der Waals surface area contributed by atoms with Crippen molar-refractivity contribution in [1.29, 1.82) is 0 Å². The van der Waals surface area contributed by atoms with E-state index in [1.165, 1.54) is 25.3 Å². The Morgan fingerprint density at radius 1 is 1.10 bits per heavy atom. The average molecular weight is 417 g/mol. The highest BCUT2D eigenvalue weighted by molar-refractivity contribution is 6.30. The number of nitrogens with one attached hydrogen (secondary N) is 2. The number of halogens is 1. The quantitative estimate of drug-likeness (QED) is 0.566. The Hall–Kier alpha value is -2.34. The third-order valence-corrected chi connectivity index (χ3v) is 6.51. The van der Waals surface area contributed by atoms with Gasteiger partial charge in [-0.2, -0.15) is 0 Å². The summed E-state index contributed by atoms with van der Waals surface area (Å²) in [6, 6.07) is 6.49. The van der Waals surface area contributed by atoms with Gasteiger partial charge in [0.05, 0.1) is 0 Å². The largest absolute Gasteiger partial charge is 0.452 e. The van der Waals surface area contributed by atoms with Gasteiger partial charge in [-0.3, -0.25) is 10.1 Å². The van der Waals surface area contributed by atoms with Crippen molar-refractivity contribution in [2.24, 2.45) is 17.8 Å². The molecule has 4 bridgehead atoms. The third kappa shape index (κ3) is 4.99. The van der Waals surface area contributed by atoms with Gasteiger partial charge >= 0.3 is 12.0 Å². The lowest BCUT2D eigenvalue weighted by molar-refractivity contribution is -0.143. The summed E-state index contributed by atoms with van der Waals surface area (Å²) in [6.45, 7) is -0.507. The molecule has 2 N–H and O–H groups in total. The Morgan fingerprint density at radius 3 is 2.38 bits per heavy atom. The van der Waals surface area contributed by atoms with Crippen molar-refractivity contribution in [2.75, 3.05) is 6.61 Å². The van der Waals surface area contributed by atoms with E-state index in [-0.39, 0.29) is 5.54 Å². The van der Waals surface area contributed by atoms with Gasteiger partial charge in [-0.25, -0.2) is 9.59 Å². The van der Waals surface area contributed by atoms with Crippen LogP contribution in [-0.2, 0) is 14.3 Å². The standard InChI is InChI=1S/C22H25ClN2O4/c23-18-3-1-2-14(9-18)4-5-20(27)29-13-19(26)24-21(28)25-22-10-15-6-16(11-22)8-17(7-15)12-22/h1-5,9,15-17H,6-8,10-13H2,(H2,24,25,26,28)/b5-4+. The zero-order valence-corrected chi connectivity index (χ0v) is 16.9. The summed E-state index contributed by atoms with van der Waals surface area (Å²) < 4.78 is 4.90. The first-order valence-corrected chi connectivity index (χ1v) is 10.5. The molecule has 0 unspecified atom stereocenters. The molecule has 0 aliphatic heterocycles. The summed E-state index contributed by atoms with van der Waals surface area (Å²) in [5.41, 5.74) is 0.573. The van der Waals surface area contributed by atoms with Crippen molar-refractivity contribution in [3.05, 3.63) is 40.9 Å². The minimum atomic E-state index is -0.665. The fraction of sp³-hybridized carbons (Fsp3) is 0.500. The highest BCUT2D eigenvalue weighted by Gasteiger charge is 2.51. The number of urea groups is 1. The molecule has 0 radical (unpaired) electrons. The van der Waals surface area contributed by atoms with Crippen molar-refractivity contribution in [1.82, 2.24) is 10.6 Å². The summed E-state index contributed by atoms with van der Waals surface area (Å²) in [4.78, 5) is 36.1. The number of carbonyl (C=O) groups is 3. The summed E-state index contributed by atoms with van der Waals surface area (Å²) in [5.74, 6) is 0.789. The molecule has 154 valence electrons. The zero-order valence-electron chi connectivity index (χ0n) is 16.2. The molecule has 0 aromatic heterocycles. The number of rotatable bonds is 5. The van der Waals surface area contributed by atoms with E-state index in [1.54, 1.807) is 30.3 Å². The lowest BCUT2D eigenvalue weighted by Crippen LogP contribution is -2.62. The molecule has 4 aliphatic carbocycles. The Bertz CT molecular complexity index is 816. The number of esters is 1. The predicted octanol–water partition coefficient (Wildman–Crippen LogP) is 3.69. The molecule has 0 spiro atoms. The van der Waals surface area contributed by atoms with Gasteiger partial charge in [0.1, 0.15) is 0 Å². The smallest absolute Gasteiger partial charge is 0.331 e. The molecule has 6 nitrogen and oxygen atoms in total. The van der Waals surface area contributed by atoms with E-state index < -0.39 is 24.5 Å². The van der Waals surface area contributed by atoms with Crippen LogP contribution in [0.25, 0.3) is 6.08 Å². The normalized spacial score (nSPS) is 29.6. The van der Waals surface area contributed by atoms with Crippen LogP contribution in [0.3, 0.4) is 0 Å². The summed E-state index contributed by atoms with van der Waals surface area (Å²) in [7, 11) is 0. The second-order valence-corrected chi connectivity index (χ2v) is 9.13. The van der Waals surface area contributed by atoms with E-state index in [9.17, 15) is 14.4 Å². The minimum Gasteiger partial charge on any atom is -0.452 e. The van der Waals surface area contributed by atoms with Crippen LogP contribution in [0, 0.1) is 17.8 Å². The molecule has 3 amide bonds. The Labute approximate surface area is 175 Å². The highest BCUT2D eigenvalue weighted by atomic mass is 35.5. The van der Waals surface area contributed by atoms with Crippen LogP contribution in [0.1, 0.15) is 44.1 Å². The second-order valence-electron chi connectivity index (χ2n) is 8.70. The molecule has 1 aromatic rings. The monoisotopic (exact) mass is 416 g/mol. The number of hydrogen-bond acceptors (Lipinski definition) is 4. The van der Waals surface area contributed by atoms with E-state index >= 15 is 0 Å². The zero-order chi connectivity index (χ0) is 20.4. The Kier molecular flexibility index (Phi) is 5.63. The molecular formula is C22H25ClN2O4. The van der Waals surface area contributed by atoms with Gasteiger partial charge in [0, 0.05) is 16.6 Å². The number of carbonyl (C=O) groups excluding carboxylic acids is 3. The van der Waals surface area contributed by atoms with Crippen LogP contribution >= 0.6 is 11.6 Å². The molecule has 0 atom stereocenters. The number of hydrogen-bond donors (Lipinski definition) is 2. The van der Waals surface area contributed by atoms with Crippen LogP contribution in [0.2, 0.25) is 5.02 Å². The van der Waals surface area contributed by atoms with Crippen LogP contribution in [0.15, 0.2) is 30.3 Å². The second kappa shape index (κ2) is 8.19. The SMILES string of the molecule is O=C(COC(=O)/C=C/c1cccc(Cl)c1)NC(=O)NC12CC3CC(CC(C3)C1)C2. The van der Waals surface area contributed by atoms with Crippen molar-refractivity contribution in [2.45, 2.75) is 44.1 Å². The third-order valence-electron chi connectivity index (χ3n) is 6.28. The first kappa shape index (κ1) is 20.0. The van der Waals surface area contributed by atoms with Crippen molar-refractivity contribution in [3.8, 4) is 0 Å². The van der Waals surface area contributed by atoms with E-state index in [4.69, 9.17) is 16.3 Å². The fourth-order valence-corrected chi connectivity index (χ4v) is 5.86. The van der Waals surface area contributed by atoms with Crippen molar-refractivity contribution >= 4 is 35.6 Å². The van der Waals surface area contributed by atoms with Crippen LogP contribution in [-0.4, -0.2) is 30.1 Å². The Balaban J connectivity index is 1.21. The molecule has 5 rings (SSSR count). The fourth-order valence-electron chi connectivity index (χ4n) is 5.66. The number of imide groups is 1. The van der Waals surface area contributed by atoms with Gasteiger partial charge in [-0.15, -0.1) is 0 Å². The first-order chi connectivity index (χ1) is 13.9. The lowest BCUT2D eigenvalue weighted by atomic mass is 9.53. The van der Waals surface area contributed by atoms with Gasteiger partial charge < -0.3 is 10.1 Å². The van der Waals surface area contributed by atoms with E-state index in [0.29, 0.717) is 22.8 Å². The lowest BCUT2D eigenvalue weighted by Gasteiger charge is -2.56. The number of ether oxygens (including phenoxy) is 1. The maximum atomic E-state index is 12.3. The molecule has 4 aliphatic rings. The van der Waals surface area contributed by atoms with Crippen molar-refractivity contribution < 1.29 is 19.1 Å². The topological polar surface area (TPSA) is 84.5 Å². The molecule has 7 heteroatoms. The summed E-state index contributed by atoms with van der Waals surface area (Å²) in [5, 5.41) is 5.90. The first-order valence-electron chi connectivity index (χ1n) is 10.1. The van der Waals surface area contributed by atoms with Crippen LogP contribution in [0.5, 0.6) is 0 Å². The Morgan fingerprint density at radius 2 is 1.76 bits per heavy atom. The van der Waals surface area contributed by atoms with Gasteiger partial charge in [0.15, 0.2) is 6.61 Å². The highest BCUT2D eigenvalue weighted by Crippen LogP contribution is 2.55. The van der Waals surface area contributed by atoms with Crippen LogP contribution in [0.4, 0.5) is 4.79 Å². The van der Waals surface area contributed by atoms with E-state index in [2.05, 4.69) is 10.6 Å².